The molecule has 2 N–H and O–H groups in total. The summed E-state index contributed by atoms with van der Waals surface area (Å²) < 4.78 is 2.74. The molecular weight excluding hydrogens is 292 g/mol. The van der Waals surface area contributed by atoms with Crippen molar-refractivity contribution < 1.29 is 0 Å². The molecule has 0 spiro atoms. The second-order valence-electron chi connectivity index (χ2n) is 4.08. The molecule has 0 aliphatic heterocycles. The van der Waals surface area contributed by atoms with Crippen molar-refractivity contribution in [1.29, 1.82) is 0 Å². The molecule has 0 fully saturated rings. The van der Waals surface area contributed by atoms with Crippen molar-refractivity contribution in [2.75, 3.05) is 5.73 Å². The molecule has 5 heteroatoms. The fraction of sp³-hybridized carbons (Fsp3) is 0.0769. The highest BCUT2D eigenvalue weighted by atomic mass is 79.9. The summed E-state index contributed by atoms with van der Waals surface area (Å²) in [6, 6.07) is 11.9. The first-order valence-electron chi connectivity index (χ1n) is 5.56. The fourth-order valence-electron chi connectivity index (χ4n) is 1.86. The fourth-order valence-corrected chi connectivity index (χ4v) is 2.12. The molecular formula is C13H11BrN4. The zero-order valence-electron chi connectivity index (χ0n) is 9.55. The second kappa shape index (κ2) is 4.42. The summed E-state index contributed by atoms with van der Waals surface area (Å²) in [5.74, 6) is 0.599. The van der Waals surface area contributed by atoms with E-state index in [1.165, 1.54) is 5.56 Å². The first kappa shape index (κ1) is 11.2. The van der Waals surface area contributed by atoms with E-state index in [4.69, 9.17) is 5.73 Å². The average Bonchev–Trinajstić information content (AvgIpc) is 2.76. The van der Waals surface area contributed by atoms with Gasteiger partial charge in [0.15, 0.2) is 5.65 Å². The van der Waals surface area contributed by atoms with Crippen molar-refractivity contribution in [1.82, 2.24) is 14.6 Å². The van der Waals surface area contributed by atoms with Crippen LogP contribution in [0.1, 0.15) is 11.3 Å². The molecule has 4 nitrogen and oxygen atoms in total. The third-order valence-electron chi connectivity index (χ3n) is 2.74. The smallest absolute Gasteiger partial charge is 0.157 e. The molecule has 2 heterocycles. The zero-order chi connectivity index (χ0) is 12.5. The van der Waals surface area contributed by atoms with Crippen LogP contribution in [0.15, 0.2) is 47.1 Å². The average molecular weight is 303 g/mol. The first-order valence-corrected chi connectivity index (χ1v) is 6.35. The summed E-state index contributed by atoms with van der Waals surface area (Å²) in [6.45, 7) is 0. The maximum atomic E-state index is 5.84. The predicted octanol–water partition coefficient (Wildman–Crippen LogP) is 2.66. The molecule has 2 aromatic heterocycles. The molecule has 0 radical (unpaired) electrons. The van der Waals surface area contributed by atoms with Gasteiger partial charge < -0.3 is 5.73 Å². The van der Waals surface area contributed by atoms with E-state index in [1.54, 1.807) is 16.8 Å². The van der Waals surface area contributed by atoms with Gasteiger partial charge in [0.1, 0.15) is 5.82 Å². The summed E-state index contributed by atoms with van der Waals surface area (Å²) >= 11 is 3.42. The number of benzene rings is 1. The van der Waals surface area contributed by atoms with Gasteiger partial charge in [-0.2, -0.15) is 9.61 Å². The number of nitrogen functional groups attached to an aromatic ring is 1. The predicted molar refractivity (Wildman–Crippen MR) is 74.3 cm³/mol. The Morgan fingerprint density at radius 3 is 2.67 bits per heavy atom. The van der Waals surface area contributed by atoms with Crippen LogP contribution < -0.4 is 5.73 Å². The Morgan fingerprint density at radius 2 is 1.94 bits per heavy atom. The third-order valence-corrected chi connectivity index (χ3v) is 3.27. The van der Waals surface area contributed by atoms with E-state index in [2.05, 4.69) is 38.1 Å². The SMILES string of the molecule is Nc1ccnc2cc(Cc3ccc(Br)cc3)nn12. The lowest BCUT2D eigenvalue weighted by Gasteiger charge is -1.98. The molecule has 18 heavy (non-hydrogen) atoms. The van der Waals surface area contributed by atoms with E-state index >= 15 is 0 Å². The largest absolute Gasteiger partial charge is 0.384 e. The first-order chi connectivity index (χ1) is 8.72. The summed E-state index contributed by atoms with van der Waals surface area (Å²) in [5.41, 5.74) is 8.79. The lowest BCUT2D eigenvalue weighted by atomic mass is 10.1. The Kier molecular flexibility index (Phi) is 2.76. The van der Waals surface area contributed by atoms with Crippen molar-refractivity contribution in [3.8, 4) is 0 Å². The Labute approximate surface area is 113 Å². The standard InChI is InChI=1S/C13H11BrN4/c14-10-3-1-9(2-4-10)7-11-8-13-16-6-5-12(15)18(13)17-11/h1-6,8H,7,15H2. The Morgan fingerprint density at radius 1 is 1.17 bits per heavy atom. The Bertz CT molecular complexity index is 688. The number of aromatic nitrogens is 3. The molecule has 3 aromatic rings. The minimum absolute atomic E-state index is 0.599. The van der Waals surface area contributed by atoms with Crippen LogP contribution in [-0.2, 0) is 6.42 Å². The van der Waals surface area contributed by atoms with Gasteiger partial charge in [-0.15, -0.1) is 0 Å². The number of nitrogens with zero attached hydrogens (tertiary/aromatic N) is 3. The van der Waals surface area contributed by atoms with Crippen molar-refractivity contribution in [3.63, 3.8) is 0 Å². The van der Waals surface area contributed by atoms with E-state index in [9.17, 15) is 0 Å². The van der Waals surface area contributed by atoms with E-state index in [1.807, 2.05) is 18.2 Å². The third kappa shape index (κ3) is 2.09. The quantitative estimate of drug-likeness (QED) is 0.792. The molecule has 0 amide bonds. The van der Waals surface area contributed by atoms with Crippen LogP contribution in [0.4, 0.5) is 5.82 Å². The van der Waals surface area contributed by atoms with Crippen LogP contribution in [0.3, 0.4) is 0 Å². The summed E-state index contributed by atoms with van der Waals surface area (Å²) in [4.78, 5) is 4.23. The molecule has 3 rings (SSSR count). The summed E-state index contributed by atoms with van der Waals surface area (Å²) in [7, 11) is 0. The van der Waals surface area contributed by atoms with Gasteiger partial charge in [-0.3, -0.25) is 0 Å². The van der Waals surface area contributed by atoms with E-state index < -0.39 is 0 Å². The monoisotopic (exact) mass is 302 g/mol. The number of nitrogens with two attached hydrogens (primary N) is 1. The van der Waals surface area contributed by atoms with Crippen molar-refractivity contribution in [2.45, 2.75) is 6.42 Å². The summed E-state index contributed by atoms with van der Waals surface area (Å²) in [6.07, 6.45) is 2.46. The molecule has 0 aliphatic carbocycles. The Hall–Kier alpha value is -1.88. The zero-order valence-corrected chi connectivity index (χ0v) is 11.1. The highest BCUT2D eigenvalue weighted by Crippen LogP contribution is 2.15. The molecule has 1 aromatic carbocycles. The van der Waals surface area contributed by atoms with Crippen LogP contribution in [0, 0.1) is 0 Å². The maximum Gasteiger partial charge on any atom is 0.157 e. The van der Waals surface area contributed by atoms with Crippen molar-refractivity contribution in [3.05, 3.63) is 58.3 Å². The van der Waals surface area contributed by atoms with Crippen molar-refractivity contribution in [2.24, 2.45) is 0 Å². The normalized spacial score (nSPS) is 10.9. The van der Waals surface area contributed by atoms with Crippen molar-refractivity contribution >= 4 is 27.4 Å². The van der Waals surface area contributed by atoms with Gasteiger partial charge in [-0.25, -0.2) is 4.98 Å². The number of fused-ring (bicyclic) bond motifs is 1. The summed E-state index contributed by atoms with van der Waals surface area (Å²) in [5, 5.41) is 4.45. The molecule has 0 atom stereocenters. The topological polar surface area (TPSA) is 56.2 Å². The van der Waals surface area contributed by atoms with Crippen LogP contribution in [0.2, 0.25) is 0 Å². The van der Waals surface area contributed by atoms with Gasteiger partial charge in [-0.05, 0) is 23.8 Å². The van der Waals surface area contributed by atoms with Gasteiger partial charge in [0.05, 0.1) is 5.69 Å². The molecule has 0 saturated carbocycles. The van der Waals surface area contributed by atoms with E-state index in [0.29, 0.717) is 5.82 Å². The molecule has 0 aliphatic rings. The number of hydrogen-bond acceptors (Lipinski definition) is 3. The van der Waals surface area contributed by atoms with Crippen LogP contribution in [0.5, 0.6) is 0 Å². The van der Waals surface area contributed by atoms with Gasteiger partial charge in [-0.1, -0.05) is 28.1 Å². The maximum absolute atomic E-state index is 5.84. The minimum Gasteiger partial charge on any atom is -0.384 e. The van der Waals surface area contributed by atoms with E-state index in [-0.39, 0.29) is 0 Å². The molecule has 0 bridgehead atoms. The van der Waals surface area contributed by atoms with Crippen LogP contribution in [0.25, 0.3) is 5.65 Å². The number of rotatable bonds is 2. The lowest BCUT2D eigenvalue weighted by molar-refractivity contribution is 0.906. The number of halogens is 1. The highest BCUT2D eigenvalue weighted by Gasteiger charge is 2.05. The van der Waals surface area contributed by atoms with Gasteiger partial charge in [0.25, 0.3) is 0 Å². The highest BCUT2D eigenvalue weighted by molar-refractivity contribution is 9.10. The molecule has 0 saturated heterocycles. The van der Waals surface area contributed by atoms with Crippen LogP contribution in [-0.4, -0.2) is 14.6 Å². The van der Waals surface area contributed by atoms with Gasteiger partial charge in [0.2, 0.25) is 0 Å². The van der Waals surface area contributed by atoms with Gasteiger partial charge >= 0.3 is 0 Å². The molecule has 0 unspecified atom stereocenters. The lowest BCUT2D eigenvalue weighted by Crippen LogP contribution is -1.99. The van der Waals surface area contributed by atoms with E-state index in [0.717, 1.165) is 22.2 Å². The van der Waals surface area contributed by atoms with Gasteiger partial charge in [0, 0.05) is 23.2 Å². The second-order valence-corrected chi connectivity index (χ2v) is 4.99. The number of hydrogen-bond donors (Lipinski definition) is 1. The minimum atomic E-state index is 0.599. The number of anilines is 1. The van der Waals surface area contributed by atoms with Crippen LogP contribution >= 0.6 is 15.9 Å². The molecule has 90 valence electrons. The Balaban J connectivity index is 1.95.